The van der Waals surface area contributed by atoms with Crippen LogP contribution in [0, 0.1) is 23.0 Å². The predicted octanol–water partition coefficient (Wildman–Crippen LogP) is 3.73. The molecule has 4 heterocycles. The summed E-state index contributed by atoms with van der Waals surface area (Å²) in [5, 5.41) is 11.4. The van der Waals surface area contributed by atoms with Gasteiger partial charge in [0.05, 0.1) is 17.2 Å². The van der Waals surface area contributed by atoms with E-state index in [9.17, 15) is 14.9 Å². The van der Waals surface area contributed by atoms with Crippen LogP contribution in [-0.2, 0) is 13.0 Å². The molecule has 3 aliphatic heterocycles. The molecule has 34 heavy (non-hydrogen) atoms. The van der Waals surface area contributed by atoms with Crippen LogP contribution in [0.25, 0.3) is 0 Å². The van der Waals surface area contributed by atoms with Gasteiger partial charge >= 0.3 is 0 Å². The Morgan fingerprint density at radius 1 is 1.06 bits per heavy atom. The average molecular weight is 465 g/mol. The lowest BCUT2D eigenvalue weighted by atomic mass is 9.98. The number of amides is 1. The van der Waals surface area contributed by atoms with Crippen LogP contribution >= 0.6 is 0 Å². The summed E-state index contributed by atoms with van der Waals surface area (Å²) >= 11 is 0. The van der Waals surface area contributed by atoms with Crippen LogP contribution in [0.5, 0.6) is 0 Å². The van der Waals surface area contributed by atoms with E-state index < -0.39 is 4.92 Å². The van der Waals surface area contributed by atoms with Gasteiger partial charge in [-0.3, -0.25) is 14.9 Å². The first-order valence-electron chi connectivity index (χ1n) is 12.3. The minimum atomic E-state index is -0.430. The molecule has 0 bridgehead atoms. The number of carbonyl (C=O) groups excluding carboxylic acids is 1. The number of nitro groups is 1. The average Bonchev–Trinajstić information content (AvgIpc) is 3.38. The van der Waals surface area contributed by atoms with Gasteiger partial charge in [0.25, 0.3) is 11.6 Å². The number of aryl methyl sites for hydroxylation is 1. The molecule has 2 aromatic rings. The monoisotopic (exact) mass is 464 g/mol. The Bertz CT molecular complexity index is 1110. The molecule has 180 valence electrons. The van der Waals surface area contributed by atoms with Crippen molar-refractivity contribution >= 4 is 23.4 Å². The third kappa shape index (κ3) is 4.31. The summed E-state index contributed by atoms with van der Waals surface area (Å²) in [7, 11) is 0. The van der Waals surface area contributed by atoms with E-state index in [0.717, 1.165) is 62.0 Å². The van der Waals surface area contributed by atoms with Gasteiger partial charge in [0.15, 0.2) is 0 Å². The molecular formula is C25H32N6O3. The maximum absolute atomic E-state index is 13.3. The van der Waals surface area contributed by atoms with Crippen molar-refractivity contribution in [1.29, 1.82) is 0 Å². The Morgan fingerprint density at radius 2 is 1.79 bits per heavy atom. The largest absolute Gasteiger partial charge is 0.356 e. The molecule has 3 aliphatic rings. The van der Waals surface area contributed by atoms with Crippen LogP contribution in [0.4, 0.5) is 17.5 Å². The van der Waals surface area contributed by atoms with Gasteiger partial charge in [-0.15, -0.1) is 0 Å². The number of fused-ring (bicyclic) bond motifs is 1. The minimum Gasteiger partial charge on any atom is -0.356 e. The molecule has 1 aromatic carbocycles. The third-order valence-electron chi connectivity index (χ3n) is 7.44. The van der Waals surface area contributed by atoms with Crippen LogP contribution in [-0.4, -0.2) is 58.4 Å². The molecule has 1 amide bonds. The second kappa shape index (κ2) is 9.19. The van der Waals surface area contributed by atoms with Crippen molar-refractivity contribution in [3.05, 3.63) is 50.7 Å². The number of piperidine rings is 1. The van der Waals surface area contributed by atoms with Gasteiger partial charge in [0.1, 0.15) is 5.82 Å². The fraction of sp³-hybridized carbons (Fsp3) is 0.560. The van der Waals surface area contributed by atoms with Crippen LogP contribution in [0.2, 0.25) is 0 Å². The zero-order valence-corrected chi connectivity index (χ0v) is 20.0. The predicted molar refractivity (Wildman–Crippen MR) is 130 cm³/mol. The first-order chi connectivity index (χ1) is 16.4. The van der Waals surface area contributed by atoms with Crippen LogP contribution in [0.3, 0.4) is 0 Å². The smallest absolute Gasteiger partial charge is 0.273 e. The van der Waals surface area contributed by atoms with Crippen LogP contribution in [0.1, 0.15) is 59.8 Å². The highest BCUT2D eigenvalue weighted by Crippen LogP contribution is 2.33. The Kier molecular flexibility index (Phi) is 6.10. The van der Waals surface area contributed by atoms with Crippen LogP contribution < -0.4 is 9.80 Å². The lowest BCUT2D eigenvalue weighted by Gasteiger charge is -2.36. The summed E-state index contributed by atoms with van der Waals surface area (Å²) in [6.07, 6.45) is 5.26. The van der Waals surface area contributed by atoms with E-state index in [-0.39, 0.29) is 11.6 Å². The number of anilines is 2. The Labute approximate surface area is 199 Å². The molecule has 0 spiro atoms. The number of hydrogen-bond donors (Lipinski definition) is 0. The number of rotatable bonds is 4. The standard InChI is InChI=1S/C25H32N6O3/c1-17-7-12-28(13-8-17)23-20-16-30(24(32)19-6-5-18(2)22(15-19)31(33)34)14-9-21(20)26-25(27-23)29-10-3-4-11-29/h5-6,15,17H,3-4,7-14,16H2,1-2H3. The van der Waals surface area contributed by atoms with Gasteiger partial charge in [-0.05, 0) is 44.6 Å². The summed E-state index contributed by atoms with van der Waals surface area (Å²) in [5.41, 5.74) is 2.94. The molecule has 0 atom stereocenters. The van der Waals surface area contributed by atoms with Gasteiger partial charge in [-0.1, -0.05) is 13.0 Å². The van der Waals surface area contributed by atoms with Crippen molar-refractivity contribution in [3.63, 3.8) is 0 Å². The Balaban J connectivity index is 1.46. The molecule has 0 aliphatic carbocycles. The van der Waals surface area contributed by atoms with E-state index in [2.05, 4.69) is 16.7 Å². The van der Waals surface area contributed by atoms with Gasteiger partial charge in [-0.2, -0.15) is 4.98 Å². The van der Waals surface area contributed by atoms with E-state index in [0.29, 0.717) is 36.6 Å². The molecule has 0 saturated carbocycles. The van der Waals surface area contributed by atoms with Crippen molar-refractivity contribution in [1.82, 2.24) is 14.9 Å². The molecule has 0 unspecified atom stereocenters. The highest BCUT2D eigenvalue weighted by atomic mass is 16.6. The summed E-state index contributed by atoms with van der Waals surface area (Å²) in [4.78, 5) is 40.7. The first-order valence-corrected chi connectivity index (χ1v) is 12.3. The van der Waals surface area contributed by atoms with Crippen molar-refractivity contribution < 1.29 is 9.72 Å². The lowest BCUT2D eigenvalue weighted by molar-refractivity contribution is -0.385. The lowest BCUT2D eigenvalue weighted by Crippen LogP contribution is -2.40. The molecule has 2 saturated heterocycles. The quantitative estimate of drug-likeness (QED) is 0.502. The zero-order valence-electron chi connectivity index (χ0n) is 20.0. The van der Waals surface area contributed by atoms with Crippen molar-refractivity contribution in [3.8, 4) is 0 Å². The minimum absolute atomic E-state index is 0.0232. The van der Waals surface area contributed by atoms with Gasteiger partial charge in [-0.25, -0.2) is 4.98 Å². The summed E-state index contributed by atoms with van der Waals surface area (Å²) < 4.78 is 0. The van der Waals surface area contributed by atoms with E-state index in [4.69, 9.17) is 9.97 Å². The zero-order chi connectivity index (χ0) is 23.8. The Morgan fingerprint density at radius 3 is 2.50 bits per heavy atom. The summed E-state index contributed by atoms with van der Waals surface area (Å²) in [5.74, 6) is 2.31. The van der Waals surface area contributed by atoms with E-state index in [1.54, 1.807) is 24.0 Å². The molecule has 0 N–H and O–H groups in total. The second-order valence-electron chi connectivity index (χ2n) is 9.87. The fourth-order valence-electron chi connectivity index (χ4n) is 5.22. The normalized spacial score (nSPS) is 18.8. The second-order valence-corrected chi connectivity index (χ2v) is 9.87. The molecule has 9 nitrogen and oxygen atoms in total. The topological polar surface area (TPSA) is 95.7 Å². The van der Waals surface area contributed by atoms with E-state index in [1.807, 2.05) is 0 Å². The van der Waals surface area contributed by atoms with E-state index in [1.165, 1.54) is 18.9 Å². The molecule has 0 radical (unpaired) electrons. The van der Waals surface area contributed by atoms with E-state index >= 15 is 0 Å². The fourth-order valence-corrected chi connectivity index (χ4v) is 5.22. The van der Waals surface area contributed by atoms with Crippen molar-refractivity contribution in [2.24, 2.45) is 5.92 Å². The number of carbonyl (C=O) groups is 1. The van der Waals surface area contributed by atoms with Crippen LogP contribution in [0.15, 0.2) is 18.2 Å². The number of hydrogen-bond acceptors (Lipinski definition) is 7. The maximum atomic E-state index is 13.3. The highest BCUT2D eigenvalue weighted by Gasteiger charge is 2.31. The molecular weight excluding hydrogens is 432 g/mol. The summed E-state index contributed by atoms with van der Waals surface area (Å²) in [6.45, 7) is 8.86. The van der Waals surface area contributed by atoms with Gasteiger partial charge < -0.3 is 14.7 Å². The van der Waals surface area contributed by atoms with Gasteiger partial charge in [0, 0.05) is 61.9 Å². The van der Waals surface area contributed by atoms with Crippen molar-refractivity contribution in [2.45, 2.75) is 52.5 Å². The Hall–Kier alpha value is -3.23. The molecule has 9 heteroatoms. The number of nitrogens with zero attached hydrogens (tertiary/aromatic N) is 6. The SMILES string of the molecule is Cc1ccc(C(=O)N2CCc3nc(N4CCCC4)nc(N4CCC(C)CC4)c3C2)cc1[N+](=O)[O-]. The van der Waals surface area contributed by atoms with Crippen molar-refractivity contribution in [2.75, 3.05) is 42.5 Å². The third-order valence-corrected chi connectivity index (χ3v) is 7.44. The molecule has 5 rings (SSSR count). The molecule has 2 fully saturated rings. The first kappa shape index (κ1) is 22.6. The molecule has 1 aromatic heterocycles. The number of aromatic nitrogens is 2. The number of benzene rings is 1. The maximum Gasteiger partial charge on any atom is 0.273 e. The number of nitro benzene ring substituents is 1. The summed E-state index contributed by atoms with van der Waals surface area (Å²) in [6, 6.07) is 4.72. The van der Waals surface area contributed by atoms with Gasteiger partial charge in [0.2, 0.25) is 5.95 Å². The highest BCUT2D eigenvalue weighted by molar-refractivity contribution is 5.95.